The van der Waals surface area contributed by atoms with Gasteiger partial charge in [-0.15, -0.1) is 0 Å². The molecule has 2 rings (SSSR count). The first kappa shape index (κ1) is 16.0. The maximum absolute atomic E-state index is 12.6. The maximum atomic E-state index is 12.6. The van der Waals surface area contributed by atoms with Crippen LogP contribution in [0.2, 0.25) is 0 Å². The second-order valence-electron chi connectivity index (χ2n) is 5.66. The number of hydrogen-bond donors (Lipinski definition) is 1. The van der Waals surface area contributed by atoms with Crippen molar-refractivity contribution in [1.29, 1.82) is 0 Å². The quantitative estimate of drug-likeness (QED) is 0.837. The standard InChI is InChI=1S/C14H22N2O4S/c1-4-5-10(2)15(3)21(19,20)12-8-13(14(17)18)16(9-12)11-6-7-11/h8-11H,4-7H2,1-3H3,(H,17,18). The van der Waals surface area contributed by atoms with Gasteiger partial charge in [0, 0.05) is 25.3 Å². The van der Waals surface area contributed by atoms with Crippen molar-refractivity contribution in [1.82, 2.24) is 8.87 Å². The number of rotatable bonds is 7. The minimum atomic E-state index is -3.65. The number of aromatic nitrogens is 1. The molecule has 0 radical (unpaired) electrons. The molecule has 0 aliphatic heterocycles. The molecule has 0 bridgehead atoms. The van der Waals surface area contributed by atoms with Crippen molar-refractivity contribution in [2.24, 2.45) is 0 Å². The summed E-state index contributed by atoms with van der Waals surface area (Å²) in [6.07, 6.45) is 4.92. The Balaban J connectivity index is 2.36. The molecule has 1 aliphatic carbocycles. The van der Waals surface area contributed by atoms with Gasteiger partial charge in [0.1, 0.15) is 10.6 Å². The molecule has 21 heavy (non-hydrogen) atoms. The Hall–Kier alpha value is -1.34. The van der Waals surface area contributed by atoms with Crippen LogP contribution in [0.5, 0.6) is 0 Å². The number of carboxylic acid groups (broad SMARTS) is 1. The molecule has 1 atom stereocenters. The summed E-state index contributed by atoms with van der Waals surface area (Å²) in [5.41, 5.74) is 0.0487. The van der Waals surface area contributed by atoms with Crippen molar-refractivity contribution in [2.45, 2.75) is 56.5 Å². The van der Waals surface area contributed by atoms with Gasteiger partial charge in [-0.05, 0) is 32.3 Å². The van der Waals surface area contributed by atoms with Gasteiger partial charge in [-0.25, -0.2) is 13.2 Å². The van der Waals surface area contributed by atoms with Crippen LogP contribution in [0.3, 0.4) is 0 Å². The lowest BCUT2D eigenvalue weighted by atomic mass is 10.2. The van der Waals surface area contributed by atoms with Gasteiger partial charge in [-0.2, -0.15) is 4.31 Å². The maximum Gasteiger partial charge on any atom is 0.352 e. The Labute approximate surface area is 125 Å². The third-order valence-electron chi connectivity index (χ3n) is 3.99. The Morgan fingerprint density at radius 1 is 1.52 bits per heavy atom. The second kappa shape index (κ2) is 5.81. The smallest absolute Gasteiger partial charge is 0.352 e. The van der Waals surface area contributed by atoms with Crippen LogP contribution in [0.1, 0.15) is 56.1 Å². The normalized spacial score (nSPS) is 17.1. The zero-order valence-electron chi connectivity index (χ0n) is 12.6. The first-order chi connectivity index (χ1) is 9.78. The van der Waals surface area contributed by atoms with E-state index < -0.39 is 16.0 Å². The van der Waals surface area contributed by atoms with Crippen molar-refractivity contribution in [3.05, 3.63) is 18.0 Å². The molecule has 0 aromatic carbocycles. The van der Waals surface area contributed by atoms with E-state index in [9.17, 15) is 18.3 Å². The molecule has 1 aromatic rings. The molecule has 1 saturated carbocycles. The van der Waals surface area contributed by atoms with E-state index in [0.29, 0.717) is 0 Å². The highest BCUT2D eigenvalue weighted by Gasteiger charge is 2.32. The fourth-order valence-electron chi connectivity index (χ4n) is 2.42. The SMILES string of the molecule is CCCC(C)N(C)S(=O)(=O)c1cc(C(=O)O)n(C2CC2)c1. The van der Waals surface area contributed by atoms with Crippen molar-refractivity contribution >= 4 is 16.0 Å². The van der Waals surface area contributed by atoms with E-state index in [2.05, 4.69) is 0 Å². The number of nitrogens with zero attached hydrogens (tertiary/aromatic N) is 2. The number of carboxylic acids is 1. The van der Waals surface area contributed by atoms with E-state index in [1.54, 1.807) is 11.6 Å². The minimum absolute atomic E-state index is 0.0487. The average molecular weight is 314 g/mol. The lowest BCUT2D eigenvalue weighted by Crippen LogP contribution is -2.34. The van der Waals surface area contributed by atoms with Crippen LogP contribution in [-0.2, 0) is 10.0 Å². The van der Waals surface area contributed by atoms with Crippen molar-refractivity contribution in [2.75, 3.05) is 7.05 Å². The van der Waals surface area contributed by atoms with E-state index in [-0.39, 0.29) is 22.7 Å². The molecule has 118 valence electrons. The molecular weight excluding hydrogens is 292 g/mol. The summed E-state index contributed by atoms with van der Waals surface area (Å²) in [6.45, 7) is 3.86. The Morgan fingerprint density at radius 2 is 2.14 bits per heavy atom. The summed E-state index contributed by atoms with van der Waals surface area (Å²) >= 11 is 0. The average Bonchev–Trinajstić information content (AvgIpc) is 3.15. The molecule has 6 nitrogen and oxygen atoms in total. The van der Waals surface area contributed by atoms with Gasteiger partial charge < -0.3 is 9.67 Å². The van der Waals surface area contributed by atoms with Gasteiger partial charge in [0.2, 0.25) is 10.0 Å². The predicted molar refractivity (Wildman–Crippen MR) is 79.0 cm³/mol. The third-order valence-corrected chi connectivity index (χ3v) is 5.92. The highest BCUT2D eigenvalue weighted by atomic mass is 32.2. The van der Waals surface area contributed by atoms with E-state index in [4.69, 9.17) is 0 Å². The Kier molecular flexibility index (Phi) is 4.43. The van der Waals surface area contributed by atoms with E-state index >= 15 is 0 Å². The zero-order valence-corrected chi connectivity index (χ0v) is 13.4. The van der Waals surface area contributed by atoms with Crippen molar-refractivity contribution in [3.63, 3.8) is 0 Å². The van der Waals surface area contributed by atoms with E-state index in [0.717, 1.165) is 25.7 Å². The molecule has 1 aromatic heterocycles. The molecule has 0 amide bonds. The monoisotopic (exact) mass is 314 g/mol. The molecule has 1 fully saturated rings. The van der Waals surface area contributed by atoms with Gasteiger partial charge in [-0.3, -0.25) is 0 Å². The predicted octanol–water partition coefficient (Wildman–Crippen LogP) is 2.33. The van der Waals surface area contributed by atoms with Gasteiger partial charge in [0.05, 0.1) is 0 Å². The highest BCUT2D eigenvalue weighted by molar-refractivity contribution is 7.89. The molecule has 1 heterocycles. The molecule has 1 N–H and O–H groups in total. The van der Waals surface area contributed by atoms with E-state index in [1.807, 2.05) is 13.8 Å². The van der Waals surface area contributed by atoms with Crippen LogP contribution in [0.25, 0.3) is 0 Å². The Bertz CT molecular complexity index is 631. The summed E-state index contributed by atoms with van der Waals surface area (Å²) in [6, 6.07) is 1.28. The van der Waals surface area contributed by atoms with Gasteiger partial charge >= 0.3 is 5.97 Å². The summed E-state index contributed by atoms with van der Waals surface area (Å²) in [5, 5.41) is 9.22. The van der Waals surface area contributed by atoms with Crippen LogP contribution in [0.4, 0.5) is 0 Å². The van der Waals surface area contributed by atoms with Crippen LogP contribution >= 0.6 is 0 Å². The van der Waals surface area contributed by atoms with Crippen LogP contribution in [0, 0.1) is 0 Å². The first-order valence-corrected chi connectivity index (χ1v) is 8.66. The number of carbonyl (C=O) groups is 1. The van der Waals surface area contributed by atoms with Crippen molar-refractivity contribution in [3.8, 4) is 0 Å². The topological polar surface area (TPSA) is 79.6 Å². The lowest BCUT2D eigenvalue weighted by molar-refractivity contribution is 0.0685. The molecule has 1 unspecified atom stereocenters. The van der Waals surface area contributed by atoms with E-state index in [1.165, 1.54) is 16.6 Å². The molecule has 7 heteroatoms. The number of aromatic carboxylic acids is 1. The number of hydrogen-bond acceptors (Lipinski definition) is 3. The van der Waals surface area contributed by atoms with Gasteiger partial charge in [-0.1, -0.05) is 13.3 Å². The highest BCUT2D eigenvalue weighted by Crippen LogP contribution is 2.37. The summed E-state index contributed by atoms with van der Waals surface area (Å²) in [7, 11) is -2.11. The van der Waals surface area contributed by atoms with Crippen molar-refractivity contribution < 1.29 is 18.3 Å². The van der Waals surface area contributed by atoms with Gasteiger partial charge in [0.15, 0.2) is 0 Å². The third kappa shape index (κ3) is 3.13. The first-order valence-electron chi connectivity index (χ1n) is 7.22. The van der Waals surface area contributed by atoms with Crippen LogP contribution in [0.15, 0.2) is 17.2 Å². The lowest BCUT2D eigenvalue weighted by Gasteiger charge is -2.23. The summed E-state index contributed by atoms with van der Waals surface area (Å²) < 4.78 is 28.1. The molecule has 1 aliphatic rings. The minimum Gasteiger partial charge on any atom is -0.477 e. The van der Waals surface area contributed by atoms with Gasteiger partial charge in [0.25, 0.3) is 0 Å². The molecule has 0 spiro atoms. The fraction of sp³-hybridized carbons (Fsp3) is 0.643. The molecule has 0 saturated heterocycles. The van der Waals surface area contributed by atoms with Crippen LogP contribution in [-0.4, -0.2) is 41.5 Å². The summed E-state index contributed by atoms with van der Waals surface area (Å²) in [5.74, 6) is -1.09. The fourth-order valence-corrected chi connectivity index (χ4v) is 3.84. The largest absolute Gasteiger partial charge is 0.477 e. The Morgan fingerprint density at radius 3 is 2.62 bits per heavy atom. The summed E-state index contributed by atoms with van der Waals surface area (Å²) in [4.78, 5) is 11.3. The molecular formula is C14H22N2O4S. The van der Waals surface area contributed by atoms with Crippen LogP contribution < -0.4 is 0 Å². The zero-order chi connectivity index (χ0) is 15.8. The second-order valence-corrected chi connectivity index (χ2v) is 7.66. The number of sulfonamides is 1.